The van der Waals surface area contributed by atoms with Gasteiger partial charge in [0.1, 0.15) is 11.5 Å². The molecule has 0 atom stereocenters. The molecule has 0 fully saturated rings. The van der Waals surface area contributed by atoms with Crippen molar-refractivity contribution >= 4 is 43.1 Å². The summed E-state index contributed by atoms with van der Waals surface area (Å²) in [7, 11) is 0. The minimum absolute atomic E-state index is 0.509. The highest BCUT2D eigenvalue weighted by Gasteiger charge is 2.22. The molecule has 1 heteroatoms. The van der Waals surface area contributed by atoms with Crippen molar-refractivity contribution in [3.8, 4) is 56.0 Å². The number of hydrogen-bond acceptors (Lipinski definition) is 1. The molecule has 0 radical (unpaired) electrons. The predicted molar refractivity (Wildman–Crippen MR) is 198 cm³/mol. The maximum Gasteiger partial charge on any atom is 0.135 e. The molecule has 0 saturated heterocycles. The highest BCUT2D eigenvalue weighted by atomic mass is 16.5. The number of hydrogen-bond donors (Lipinski definition) is 0. The molecule has 218 valence electrons. The maximum atomic E-state index is 10.2. The molecule has 9 aromatic carbocycles. The van der Waals surface area contributed by atoms with E-state index in [4.69, 9.17) is 29.4 Å². The highest BCUT2D eigenvalue weighted by molar-refractivity contribution is 6.20. The van der Waals surface area contributed by atoms with Crippen molar-refractivity contribution in [1.29, 1.82) is 0 Å². The lowest BCUT2D eigenvalue weighted by atomic mass is 9.85. The van der Waals surface area contributed by atoms with Crippen LogP contribution < -0.4 is 4.74 Å². The van der Waals surface area contributed by atoms with Gasteiger partial charge in [-0.15, -0.1) is 0 Å². The average molecular weight is 625 g/mol. The first-order valence-electron chi connectivity index (χ1n) is 27.9. The van der Waals surface area contributed by atoms with E-state index in [1.807, 2.05) is 0 Å². The lowest BCUT2D eigenvalue weighted by molar-refractivity contribution is 0.487. The fraction of sp³-hybridized carbons (Fsp3) is 0. The average Bonchev–Trinajstić information content (AvgIpc) is 3.39. The molecule has 0 saturated carbocycles. The van der Waals surface area contributed by atoms with E-state index in [1.165, 1.54) is 0 Å². The first-order valence-corrected chi connectivity index (χ1v) is 13.9. The van der Waals surface area contributed by atoms with Crippen molar-refractivity contribution in [2.24, 2.45) is 0 Å². The maximum absolute atomic E-state index is 10.2. The summed E-state index contributed by atoms with van der Waals surface area (Å²) in [6, 6.07) is -26.6. The first-order chi connectivity index (χ1) is 35.0. The van der Waals surface area contributed by atoms with Crippen LogP contribution in [-0.2, 0) is 0 Å². The van der Waals surface area contributed by atoms with Gasteiger partial charge in [-0.2, -0.15) is 0 Å². The van der Waals surface area contributed by atoms with E-state index in [1.54, 1.807) is 0 Å². The standard InChI is InChI=1S/C46H28O/c1-2-11-29(12-3-1)32-25-33(36-23-24-44-46-39(36)18-10-19-40(46)38-17-8-9-20-43(38)47-44)27-34(26-32)45-37-16-7-5-14-31(37)28-42-35-15-6-4-13-30(35)21-22-41(42)45/h1-28H/i1D,2D,3D,4D,5D,6D,7D,8D,9D,10D,11D,12D,13D,14D,15D,16D,17D,18D,19D,20D,21D,22D,23D,24D,25D,26D,27D,28D. The van der Waals surface area contributed by atoms with Crippen molar-refractivity contribution in [3.05, 3.63) is 169 Å². The Morgan fingerprint density at radius 3 is 1.96 bits per heavy atom. The van der Waals surface area contributed by atoms with Crippen molar-refractivity contribution in [2.45, 2.75) is 0 Å². The molecule has 0 amide bonds. The van der Waals surface area contributed by atoms with Crippen LogP contribution in [0.3, 0.4) is 0 Å². The van der Waals surface area contributed by atoms with Crippen LogP contribution >= 0.6 is 0 Å². The zero-order chi connectivity index (χ0) is 55.3. The minimum Gasteiger partial charge on any atom is -0.456 e. The molecule has 1 nitrogen and oxygen atoms in total. The van der Waals surface area contributed by atoms with Gasteiger partial charge in [-0.05, 0) is 113 Å². The van der Waals surface area contributed by atoms with Crippen LogP contribution in [0.4, 0.5) is 0 Å². The van der Waals surface area contributed by atoms with E-state index in [-0.39, 0.29) is 0 Å². The largest absolute Gasteiger partial charge is 0.456 e. The second kappa shape index (κ2) is 10.2. The van der Waals surface area contributed by atoms with Gasteiger partial charge in [-0.25, -0.2) is 0 Å². The van der Waals surface area contributed by atoms with E-state index in [0.717, 1.165) is 0 Å². The summed E-state index contributed by atoms with van der Waals surface area (Å²) in [5, 5.41) is -5.27. The van der Waals surface area contributed by atoms with Gasteiger partial charge in [-0.3, -0.25) is 0 Å². The Bertz CT molecular complexity index is 4270. The SMILES string of the molecule is [2H]c1c([2H])c([2H])c(-c2c([2H])c(-c3c([2H])c([2H])c4c5c(c([2H])c([2H])c([2H])c35)-c3c([2H])c([2H])c([2H])c([2H])c3O4)c([2H])c(-c3c4c([2H])c([2H])c([2H])c([2H])c4c([2H])c4c3c([2H])c([2H])c3c([2H])c([2H])c([2H])c([2H])c34)c2[2H])c([2H])c1[2H]. The molecule has 0 N–H and O–H groups in total. The van der Waals surface area contributed by atoms with Crippen LogP contribution in [0.1, 0.15) is 38.4 Å². The Morgan fingerprint density at radius 1 is 0.340 bits per heavy atom. The molecule has 0 unspecified atom stereocenters. The number of benzene rings is 9. The quantitative estimate of drug-likeness (QED) is 0.140. The number of fused-ring (bicyclic) bond motifs is 6. The van der Waals surface area contributed by atoms with Crippen LogP contribution in [0.5, 0.6) is 11.5 Å². The monoisotopic (exact) mass is 624 g/mol. The van der Waals surface area contributed by atoms with Crippen molar-refractivity contribution < 1.29 is 43.1 Å². The Morgan fingerprint density at radius 2 is 1.04 bits per heavy atom. The van der Waals surface area contributed by atoms with Crippen LogP contribution in [0.2, 0.25) is 0 Å². The van der Waals surface area contributed by atoms with Crippen molar-refractivity contribution in [1.82, 2.24) is 0 Å². The molecule has 1 aliphatic heterocycles. The van der Waals surface area contributed by atoms with Crippen LogP contribution in [0, 0.1) is 0 Å². The van der Waals surface area contributed by atoms with Gasteiger partial charge in [0.2, 0.25) is 0 Å². The fourth-order valence-electron chi connectivity index (χ4n) is 5.70. The third kappa shape index (κ3) is 4.03. The molecule has 1 aliphatic rings. The van der Waals surface area contributed by atoms with E-state index >= 15 is 0 Å². The minimum atomic E-state index is -1.15. The molecule has 47 heavy (non-hydrogen) atoms. The van der Waals surface area contributed by atoms with Gasteiger partial charge in [0, 0.05) is 10.9 Å². The van der Waals surface area contributed by atoms with Crippen LogP contribution in [0.15, 0.2) is 169 Å². The summed E-state index contributed by atoms with van der Waals surface area (Å²) in [5.41, 5.74) is -6.47. The smallest absolute Gasteiger partial charge is 0.135 e. The third-order valence-corrected chi connectivity index (χ3v) is 7.70. The van der Waals surface area contributed by atoms with Gasteiger partial charge in [-0.1, -0.05) is 133 Å². The van der Waals surface area contributed by atoms with Crippen molar-refractivity contribution in [2.75, 3.05) is 0 Å². The van der Waals surface area contributed by atoms with Gasteiger partial charge in [0.15, 0.2) is 0 Å². The Balaban J connectivity index is 1.57. The second-order valence-electron chi connectivity index (χ2n) is 10.3. The normalized spacial score (nSPS) is 20.3. The van der Waals surface area contributed by atoms with Gasteiger partial charge in [0.25, 0.3) is 0 Å². The second-order valence-corrected chi connectivity index (χ2v) is 10.3. The lowest BCUT2D eigenvalue weighted by Crippen LogP contribution is -1.97. The Labute approximate surface area is 312 Å². The van der Waals surface area contributed by atoms with Gasteiger partial charge >= 0.3 is 0 Å². The lowest BCUT2D eigenvalue weighted by Gasteiger charge is -2.23. The predicted octanol–water partition coefficient (Wildman–Crippen LogP) is 13.1. The van der Waals surface area contributed by atoms with E-state index in [0.29, 0.717) is 0 Å². The molecule has 9 aromatic rings. The number of ether oxygens (including phenoxy) is 1. The van der Waals surface area contributed by atoms with Crippen LogP contribution in [-0.4, -0.2) is 0 Å². The highest BCUT2D eigenvalue weighted by Crippen LogP contribution is 2.49. The summed E-state index contributed by atoms with van der Waals surface area (Å²) in [6.45, 7) is 0. The van der Waals surface area contributed by atoms with E-state index < -0.39 is 268 Å². The zero-order valence-electron chi connectivity index (χ0n) is 51.4. The Hall–Kier alpha value is -6.18. The van der Waals surface area contributed by atoms with Gasteiger partial charge in [0.05, 0.1) is 38.4 Å². The summed E-state index contributed by atoms with van der Waals surface area (Å²) in [5.74, 6) is -1.29. The van der Waals surface area contributed by atoms with Crippen LogP contribution in [0.25, 0.3) is 87.6 Å². The fourth-order valence-corrected chi connectivity index (χ4v) is 5.70. The molecule has 10 rings (SSSR count). The summed E-state index contributed by atoms with van der Waals surface area (Å²) in [4.78, 5) is 0. The molecule has 1 heterocycles. The summed E-state index contributed by atoms with van der Waals surface area (Å²) < 4.78 is 260. The molecular weight excluding hydrogens is 569 g/mol. The third-order valence-electron chi connectivity index (χ3n) is 7.70. The van der Waals surface area contributed by atoms with Crippen molar-refractivity contribution in [3.63, 3.8) is 0 Å². The molecule has 0 aromatic heterocycles. The Kier molecular flexibility index (Phi) is 2.31. The van der Waals surface area contributed by atoms with E-state index in [9.17, 15) is 13.7 Å². The van der Waals surface area contributed by atoms with Gasteiger partial charge < -0.3 is 4.74 Å². The molecule has 0 aliphatic carbocycles. The first kappa shape index (κ1) is 10.7. The number of rotatable bonds is 3. The zero-order valence-corrected chi connectivity index (χ0v) is 23.4. The van der Waals surface area contributed by atoms with E-state index in [2.05, 4.69) is 0 Å². The topological polar surface area (TPSA) is 9.23 Å². The summed E-state index contributed by atoms with van der Waals surface area (Å²) in [6.07, 6.45) is 0. The molecule has 0 bridgehead atoms. The molecular formula is C46H28O. The summed E-state index contributed by atoms with van der Waals surface area (Å²) >= 11 is 0. The molecule has 0 spiro atoms. The number of para-hydroxylation sites is 1.